The number of aliphatic carboxylic acids is 1. The van der Waals surface area contributed by atoms with Crippen LogP contribution in [0.5, 0.6) is 0 Å². The van der Waals surface area contributed by atoms with Crippen molar-refractivity contribution in [1.82, 2.24) is 15.3 Å². The van der Waals surface area contributed by atoms with Gasteiger partial charge in [-0.1, -0.05) is 32.9 Å². The minimum Gasteiger partial charge on any atom is -0.480 e. The second-order valence-electron chi connectivity index (χ2n) is 5.85. The number of benzene rings is 1. The molecule has 0 fully saturated rings. The van der Waals surface area contributed by atoms with Gasteiger partial charge in [-0.3, -0.25) is 9.78 Å². The van der Waals surface area contributed by atoms with E-state index < -0.39 is 23.3 Å². The minimum absolute atomic E-state index is 0.101. The summed E-state index contributed by atoms with van der Waals surface area (Å²) < 4.78 is 0. The van der Waals surface area contributed by atoms with Crippen LogP contribution in [0, 0.1) is 5.41 Å². The van der Waals surface area contributed by atoms with Crippen LogP contribution >= 0.6 is 0 Å². The average molecular weight is 287 g/mol. The predicted molar refractivity (Wildman–Crippen MR) is 77.9 cm³/mol. The zero-order valence-electron chi connectivity index (χ0n) is 12.1. The molecule has 0 aliphatic heterocycles. The first kappa shape index (κ1) is 14.9. The third-order valence-corrected chi connectivity index (χ3v) is 3.07. The summed E-state index contributed by atoms with van der Waals surface area (Å²) in [5, 5.41) is 11.7. The summed E-state index contributed by atoms with van der Waals surface area (Å²) in [5.74, 6) is -1.62. The predicted octanol–water partition coefficient (Wildman–Crippen LogP) is 1.86. The molecule has 2 aromatic rings. The van der Waals surface area contributed by atoms with E-state index in [2.05, 4.69) is 15.3 Å². The average Bonchev–Trinajstić information content (AvgIpc) is 2.42. The lowest BCUT2D eigenvalue weighted by molar-refractivity contribution is -0.142. The first-order chi connectivity index (χ1) is 9.79. The fourth-order valence-corrected chi connectivity index (χ4v) is 1.92. The van der Waals surface area contributed by atoms with E-state index in [0.717, 1.165) is 0 Å². The molecule has 1 unspecified atom stereocenters. The number of carbonyl (C=O) groups excluding carboxylic acids is 1. The van der Waals surface area contributed by atoms with Gasteiger partial charge in [-0.25, -0.2) is 9.78 Å². The number of nitrogens with zero attached hydrogens (tertiary/aromatic N) is 2. The second kappa shape index (κ2) is 5.47. The molecule has 0 aliphatic carbocycles. The Morgan fingerprint density at radius 1 is 1.19 bits per heavy atom. The Hall–Kier alpha value is -2.50. The Bertz CT molecular complexity index is 692. The molecule has 21 heavy (non-hydrogen) atoms. The molecule has 2 rings (SSSR count). The van der Waals surface area contributed by atoms with Crippen molar-refractivity contribution in [2.24, 2.45) is 5.41 Å². The number of carbonyl (C=O) groups is 2. The third kappa shape index (κ3) is 3.34. The first-order valence-electron chi connectivity index (χ1n) is 6.54. The number of hydrogen-bond donors (Lipinski definition) is 2. The zero-order valence-corrected chi connectivity index (χ0v) is 12.1. The van der Waals surface area contributed by atoms with Crippen LogP contribution < -0.4 is 5.32 Å². The molecule has 110 valence electrons. The monoisotopic (exact) mass is 287 g/mol. The van der Waals surface area contributed by atoms with E-state index in [9.17, 15) is 14.7 Å². The quantitative estimate of drug-likeness (QED) is 0.899. The molecule has 6 heteroatoms. The van der Waals surface area contributed by atoms with Gasteiger partial charge in [0.15, 0.2) is 0 Å². The van der Waals surface area contributed by atoms with E-state index in [1.165, 1.54) is 6.20 Å². The summed E-state index contributed by atoms with van der Waals surface area (Å²) in [6, 6.07) is 6.17. The van der Waals surface area contributed by atoms with E-state index in [4.69, 9.17) is 0 Å². The lowest BCUT2D eigenvalue weighted by atomic mass is 9.86. The molecule has 0 spiro atoms. The van der Waals surface area contributed by atoms with Gasteiger partial charge in [0.1, 0.15) is 11.7 Å². The van der Waals surface area contributed by atoms with Gasteiger partial charge in [0.05, 0.1) is 17.2 Å². The van der Waals surface area contributed by atoms with Gasteiger partial charge in [0.25, 0.3) is 5.91 Å². The largest absolute Gasteiger partial charge is 0.480 e. The van der Waals surface area contributed by atoms with Crippen LogP contribution in [0.3, 0.4) is 0 Å². The summed E-state index contributed by atoms with van der Waals surface area (Å²) in [6.45, 7) is 5.24. The summed E-state index contributed by atoms with van der Waals surface area (Å²) in [5.41, 5.74) is 0.767. The van der Waals surface area contributed by atoms with Crippen molar-refractivity contribution >= 4 is 22.9 Å². The Morgan fingerprint density at radius 3 is 2.38 bits per heavy atom. The summed E-state index contributed by atoms with van der Waals surface area (Å²) >= 11 is 0. The first-order valence-corrected chi connectivity index (χ1v) is 6.54. The van der Waals surface area contributed by atoms with Gasteiger partial charge >= 0.3 is 5.97 Å². The molecule has 0 saturated heterocycles. The van der Waals surface area contributed by atoms with Gasteiger partial charge in [-0.05, 0) is 17.5 Å². The van der Waals surface area contributed by atoms with E-state index >= 15 is 0 Å². The maximum atomic E-state index is 12.2. The highest BCUT2D eigenvalue weighted by molar-refractivity contribution is 5.96. The molecular formula is C15H17N3O3. The van der Waals surface area contributed by atoms with E-state index in [-0.39, 0.29) is 5.69 Å². The standard InChI is InChI=1S/C15H17N3O3/c1-15(2,3)12(14(20)21)18-13(19)11-8-16-9-6-4-5-7-10(9)17-11/h4-8,12H,1-3H3,(H,18,19)(H,20,21). The summed E-state index contributed by atoms with van der Waals surface area (Å²) in [7, 11) is 0. The maximum absolute atomic E-state index is 12.2. The van der Waals surface area contributed by atoms with Gasteiger partial charge < -0.3 is 10.4 Å². The molecule has 1 amide bonds. The third-order valence-electron chi connectivity index (χ3n) is 3.07. The molecule has 0 bridgehead atoms. The molecule has 1 aromatic carbocycles. The number of fused-ring (bicyclic) bond motifs is 1. The number of amides is 1. The summed E-state index contributed by atoms with van der Waals surface area (Å²) in [4.78, 5) is 31.8. The molecule has 1 heterocycles. The molecule has 0 aliphatic rings. The van der Waals surface area contributed by atoms with Crippen molar-refractivity contribution in [3.63, 3.8) is 0 Å². The Kier molecular flexibility index (Phi) is 3.88. The number of para-hydroxylation sites is 2. The fourth-order valence-electron chi connectivity index (χ4n) is 1.92. The van der Waals surface area contributed by atoms with Crippen molar-refractivity contribution in [2.75, 3.05) is 0 Å². The van der Waals surface area contributed by atoms with Crippen molar-refractivity contribution in [1.29, 1.82) is 0 Å². The number of carboxylic acid groups (broad SMARTS) is 1. The smallest absolute Gasteiger partial charge is 0.326 e. The zero-order chi connectivity index (χ0) is 15.6. The van der Waals surface area contributed by atoms with Crippen LogP contribution in [0.2, 0.25) is 0 Å². The number of carboxylic acids is 1. The molecule has 0 radical (unpaired) electrons. The Balaban J connectivity index is 2.27. The number of aromatic nitrogens is 2. The van der Waals surface area contributed by atoms with E-state index in [1.54, 1.807) is 39.0 Å². The van der Waals surface area contributed by atoms with Crippen molar-refractivity contribution in [3.8, 4) is 0 Å². The molecule has 2 N–H and O–H groups in total. The minimum atomic E-state index is -1.08. The highest BCUT2D eigenvalue weighted by Gasteiger charge is 2.33. The lowest BCUT2D eigenvalue weighted by Gasteiger charge is -2.27. The molecular weight excluding hydrogens is 270 g/mol. The Labute approximate surface area is 122 Å². The molecule has 1 atom stereocenters. The van der Waals surface area contributed by atoms with Crippen LogP contribution in [-0.2, 0) is 4.79 Å². The van der Waals surface area contributed by atoms with Crippen molar-refractivity contribution in [2.45, 2.75) is 26.8 Å². The van der Waals surface area contributed by atoms with Crippen molar-refractivity contribution < 1.29 is 14.7 Å². The highest BCUT2D eigenvalue weighted by atomic mass is 16.4. The van der Waals surface area contributed by atoms with Gasteiger partial charge in [-0.15, -0.1) is 0 Å². The van der Waals surface area contributed by atoms with Gasteiger partial charge in [0, 0.05) is 0 Å². The number of nitrogens with one attached hydrogen (secondary N) is 1. The van der Waals surface area contributed by atoms with Gasteiger partial charge in [0.2, 0.25) is 0 Å². The van der Waals surface area contributed by atoms with Crippen LogP contribution in [0.25, 0.3) is 11.0 Å². The van der Waals surface area contributed by atoms with E-state index in [1.807, 2.05) is 6.07 Å². The number of rotatable bonds is 3. The van der Waals surface area contributed by atoms with Crippen molar-refractivity contribution in [3.05, 3.63) is 36.2 Å². The summed E-state index contributed by atoms with van der Waals surface area (Å²) in [6.07, 6.45) is 1.35. The number of hydrogen-bond acceptors (Lipinski definition) is 4. The van der Waals surface area contributed by atoms with Crippen LogP contribution in [0.15, 0.2) is 30.5 Å². The maximum Gasteiger partial charge on any atom is 0.326 e. The topological polar surface area (TPSA) is 92.2 Å². The van der Waals surface area contributed by atoms with Crippen LogP contribution in [0.4, 0.5) is 0 Å². The van der Waals surface area contributed by atoms with Crippen LogP contribution in [0.1, 0.15) is 31.3 Å². The molecule has 1 aromatic heterocycles. The highest BCUT2D eigenvalue weighted by Crippen LogP contribution is 2.20. The SMILES string of the molecule is CC(C)(C)C(NC(=O)c1cnc2ccccc2n1)C(=O)O. The molecule has 6 nitrogen and oxygen atoms in total. The fraction of sp³-hybridized carbons (Fsp3) is 0.333. The van der Waals surface area contributed by atoms with E-state index in [0.29, 0.717) is 11.0 Å². The lowest BCUT2D eigenvalue weighted by Crippen LogP contribution is -2.49. The normalized spacial score (nSPS) is 12.9. The van der Waals surface area contributed by atoms with Gasteiger partial charge in [-0.2, -0.15) is 0 Å². The van der Waals surface area contributed by atoms with Crippen LogP contribution in [-0.4, -0.2) is 33.0 Å². The second-order valence-corrected chi connectivity index (χ2v) is 5.85. The molecule has 0 saturated carbocycles. The Morgan fingerprint density at radius 2 is 1.81 bits per heavy atom.